The quantitative estimate of drug-likeness (QED) is 0.738. The lowest BCUT2D eigenvalue weighted by atomic mass is 10.1. The van der Waals surface area contributed by atoms with Crippen molar-refractivity contribution < 1.29 is 9.90 Å². The summed E-state index contributed by atoms with van der Waals surface area (Å²) >= 11 is 1.58. The highest BCUT2D eigenvalue weighted by Crippen LogP contribution is 2.21. The summed E-state index contributed by atoms with van der Waals surface area (Å²) in [6.07, 6.45) is 1.95. The molecule has 3 aromatic rings. The molecule has 0 radical (unpaired) electrons. The summed E-state index contributed by atoms with van der Waals surface area (Å²) < 4.78 is 1.38. The Morgan fingerprint density at radius 1 is 1.25 bits per heavy atom. The van der Waals surface area contributed by atoms with Crippen LogP contribution < -0.4 is 5.43 Å². The highest BCUT2D eigenvalue weighted by Gasteiger charge is 2.19. The Morgan fingerprint density at radius 2 is 1.96 bits per heavy atom. The van der Waals surface area contributed by atoms with E-state index < -0.39 is 17.1 Å². The van der Waals surface area contributed by atoms with Crippen molar-refractivity contribution in [2.45, 2.75) is 4.90 Å². The van der Waals surface area contributed by atoms with Crippen LogP contribution in [0.5, 0.6) is 0 Å². The van der Waals surface area contributed by atoms with Crippen molar-refractivity contribution >= 4 is 28.6 Å². The molecule has 1 aromatic heterocycles. The van der Waals surface area contributed by atoms with E-state index in [2.05, 4.69) is 5.10 Å². The van der Waals surface area contributed by atoms with Crippen LogP contribution in [0, 0.1) is 11.3 Å². The van der Waals surface area contributed by atoms with Gasteiger partial charge in [-0.25, -0.2) is 9.48 Å². The van der Waals surface area contributed by atoms with Gasteiger partial charge in [0.05, 0.1) is 28.2 Å². The average molecular weight is 337 g/mol. The van der Waals surface area contributed by atoms with Gasteiger partial charge in [0.2, 0.25) is 11.1 Å². The predicted molar refractivity (Wildman–Crippen MR) is 90.8 cm³/mol. The van der Waals surface area contributed by atoms with Crippen LogP contribution in [0.15, 0.2) is 52.2 Å². The second kappa shape index (κ2) is 6.18. The molecule has 0 aliphatic rings. The fourth-order valence-corrected chi connectivity index (χ4v) is 2.83. The van der Waals surface area contributed by atoms with E-state index in [0.29, 0.717) is 11.2 Å². The minimum absolute atomic E-state index is 0.0568. The van der Waals surface area contributed by atoms with Crippen LogP contribution in [0.2, 0.25) is 0 Å². The van der Waals surface area contributed by atoms with Gasteiger partial charge in [0.25, 0.3) is 0 Å². The largest absolute Gasteiger partial charge is 0.476 e. The fraction of sp³-hybridized carbons (Fsp3) is 0.0588. The number of benzene rings is 2. The topological polar surface area (TPSA) is 96.0 Å². The molecule has 2 aromatic carbocycles. The lowest BCUT2D eigenvalue weighted by Crippen LogP contribution is -2.23. The Hall–Kier alpha value is -3.11. The number of aromatic nitrogens is 2. The maximum absolute atomic E-state index is 12.4. The third kappa shape index (κ3) is 2.53. The Labute approximate surface area is 141 Å². The van der Waals surface area contributed by atoms with Crippen LogP contribution in [0.3, 0.4) is 0 Å². The highest BCUT2D eigenvalue weighted by molar-refractivity contribution is 7.98. The third-order valence-corrected chi connectivity index (χ3v) is 4.30. The summed E-state index contributed by atoms with van der Waals surface area (Å²) in [5.41, 5.74) is -0.251. The standard InChI is InChI=1S/C17H11N3O3S/c1-24-12-7-5-11(6-8-12)20-13-4-2-3-10(9-18)14(13)16(21)15(19-20)17(22)23/h2-8H,1H3,(H,22,23). The number of carboxylic acid groups (broad SMARTS) is 1. The zero-order chi connectivity index (χ0) is 17.3. The van der Waals surface area contributed by atoms with Gasteiger partial charge in [0.1, 0.15) is 0 Å². The first kappa shape index (κ1) is 15.8. The monoisotopic (exact) mass is 337 g/mol. The molecule has 0 spiro atoms. The average Bonchev–Trinajstić information content (AvgIpc) is 2.61. The van der Waals surface area contributed by atoms with E-state index in [0.717, 1.165) is 4.90 Å². The highest BCUT2D eigenvalue weighted by atomic mass is 32.2. The smallest absolute Gasteiger partial charge is 0.360 e. The zero-order valence-corrected chi connectivity index (χ0v) is 13.4. The Morgan fingerprint density at radius 3 is 2.54 bits per heavy atom. The summed E-state index contributed by atoms with van der Waals surface area (Å²) in [6, 6.07) is 14.0. The van der Waals surface area contributed by atoms with Gasteiger partial charge >= 0.3 is 5.97 Å². The van der Waals surface area contributed by atoms with E-state index in [4.69, 9.17) is 0 Å². The van der Waals surface area contributed by atoms with Crippen LogP contribution in [0.25, 0.3) is 16.6 Å². The van der Waals surface area contributed by atoms with Gasteiger partial charge in [-0.3, -0.25) is 4.79 Å². The Kier molecular flexibility index (Phi) is 4.06. The minimum atomic E-state index is -1.43. The number of carbonyl (C=O) groups is 1. The van der Waals surface area contributed by atoms with Crippen LogP contribution >= 0.6 is 11.8 Å². The summed E-state index contributed by atoms with van der Waals surface area (Å²) in [5.74, 6) is -1.43. The van der Waals surface area contributed by atoms with Gasteiger partial charge in [0.15, 0.2) is 0 Å². The van der Waals surface area contributed by atoms with Crippen molar-refractivity contribution in [3.8, 4) is 11.8 Å². The second-order valence-electron chi connectivity index (χ2n) is 4.90. The first-order chi connectivity index (χ1) is 11.6. The lowest BCUT2D eigenvalue weighted by Gasteiger charge is -2.12. The van der Waals surface area contributed by atoms with E-state index in [-0.39, 0.29) is 10.9 Å². The van der Waals surface area contributed by atoms with Crippen molar-refractivity contribution in [3.63, 3.8) is 0 Å². The number of rotatable bonds is 3. The maximum Gasteiger partial charge on any atom is 0.360 e. The molecule has 24 heavy (non-hydrogen) atoms. The fourth-order valence-electron chi connectivity index (χ4n) is 2.43. The number of carboxylic acids is 1. The molecule has 0 atom stereocenters. The molecule has 7 heteroatoms. The van der Waals surface area contributed by atoms with E-state index in [9.17, 15) is 20.0 Å². The lowest BCUT2D eigenvalue weighted by molar-refractivity contribution is 0.0687. The van der Waals surface area contributed by atoms with E-state index in [1.165, 1.54) is 10.7 Å². The van der Waals surface area contributed by atoms with Gasteiger partial charge in [-0.2, -0.15) is 10.4 Å². The molecule has 0 aliphatic carbocycles. The summed E-state index contributed by atoms with van der Waals surface area (Å²) in [5, 5.41) is 22.6. The van der Waals surface area contributed by atoms with Crippen molar-refractivity contribution in [2.75, 3.05) is 6.26 Å². The van der Waals surface area contributed by atoms with Gasteiger partial charge in [-0.1, -0.05) is 6.07 Å². The van der Waals surface area contributed by atoms with Crippen LogP contribution in [-0.4, -0.2) is 27.1 Å². The van der Waals surface area contributed by atoms with E-state index in [1.54, 1.807) is 36.0 Å². The number of hydrogen-bond acceptors (Lipinski definition) is 5. The Balaban J connectivity index is 2.43. The predicted octanol–water partition coefficient (Wildman–Crippen LogP) is 2.68. The number of fused-ring (bicyclic) bond motifs is 1. The number of nitrogens with zero attached hydrogens (tertiary/aromatic N) is 3. The van der Waals surface area contributed by atoms with Crippen molar-refractivity contribution in [1.82, 2.24) is 9.78 Å². The van der Waals surface area contributed by atoms with Crippen molar-refractivity contribution in [1.29, 1.82) is 5.26 Å². The molecule has 1 N–H and O–H groups in total. The molecule has 0 amide bonds. The summed E-state index contributed by atoms with van der Waals surface area (Å²) in [4.78, 5) is 24.9. The molecule has 6 nitrogen and oxygen atoms in total. The molecule has 0 saturated carbocycles. The molecule has 118 valence electrons. The summed E-state index contributed by atoms with van der Waals surface area (Å²) in [7, 11) is 0. The van der Waals surface area contributed by atoms with E-state index >= 15 is 0 Å². The number of hydrogen-bond donors (Lipinski definition) is 1. The molecule has 0 unspecified atom stereocenters. The van der Waals surface area contributed by atoms with Gasteiger partial charge in [-0.05, 0) is 42.7 Å². The van der Waals surface area contributed by atoms with Gasteiger partial charge in [-0.15, -0.1) is 11.8 Å². The number of thioether (sulfide) groups is 1. The molecular weight excluding hydrogens is 326 g/mol. The Bertz CT molecular complexity index is 1050. The molecule has 0 saturated heterocycles. The van der Waals surface area contributed by atoms with Crippen LogP contribution in [0.1, 0.15) is 16.1 Å². The third-order valence-electron chi connectivity index (χ3n) is 3.55. The van der Waals surface area contributed by atoms with Crippen molar-refractivity contribution in [3.05, 3.63) is 63.9 Å². The SMILES string of the molecule is CSc1ccc(-n2nc(C(=O)O)c(=O)c3c(C#N)cccc32)cc1. The van der Waals surface area contributed by atoms with Gasteiger partial charge in [0, 0.05) is 4.90 Å². The molecule has 0 aliphatic heterocycles. The van der Waals surface area contributed by atoms with E-state index in [1.807, 2.05) is 24.5 Å². The zero-order valence-electron chi connectivity index (χ0n) is 12.6. The first-order valence-electron chi connectivity index (χ1n) is 6.90. The van der Waals surface area contributed by atoms with Crippen LogP contribution in [0.4, 0.5) is 0 Å². The summed E-state index contributed by atoms with van der Waals surface area (Å²) in [6.45, 7) is 0. The first-order valence-corrected chi connectivity index (χ1v) is 8.13. The number of nitriles is 1. The maximum atomic E-state index is 12.4. The molecule has 0 fully saturated rings. The van der Waals surface area contributed by atoms with Gasteiger partial charge < -0.3 is 5.11 Å². The van der Waals surface area contributed by atoms with Crippen molar-refractivity contribution in [2.24, 2.45) is 0 Å². The molecule has 1 heterocycles. The molecular formula is C17H11N3O3S. The normalized spacial score (nSPS) is 10.5. The minimum Gasteiger partial charge on any atom is -0.476 e. The second-order valence-corrected chi connectivity index (χ2v) is 5.78. The molecule has 3 rings (SSSR count). The number of aromatic carboxylic acids is 1. The molecule has 0 bridgehead atoms. The van der Waals surface area contributed by atoms with Crippen LogP contribution in [-0.2, 0) is 0 Å².